The van der Waals surface area contributed by atoms with Gasteiger partial charge in [0.25, 0.3) is 5.91 Å². The third-order valence-electron chi connectivity index (χ3n) is 4.36. The average molecular weight is 444 g/mol. The van der Waals surface area contributed by atoms with E-state index in [1.807, 2.05) is 30.3 Å². The molecule has 1 unspecified atom stereocenters. The van der Waals surface area contributed by atoms with E-state index in [4.69, 9.17) is 11.6 Å². The van der Waals surface area contributed by atoms with E-state index in [2.05, 4.69) is 9.97 Å². The smallest absolute Gasteiger partial charge is 0.274 e. The van der Waals surface area contributed by atoms with Crippen molar-refractivity contribution in [3.05, 3.63) is 52.8 Å². The Morgan fingerprint density at radius 3 is 2.54 bits per heavy atom. The molecule has 0 saturated carbocycles. The topological polar surface area (TPSA) is 114 Å². The minimum Gasteiger partial charge on any atom is -0.329 e. The lowest BCUT2D eigenvalue weighted by molar-refractivity contribution is 0.0674. The number of rotatable bonds is 5. The van der Waals surface area contributed by atoms with E-state index < -0.39 is 36.8 Å². The molecule has 8 nitrogen and oxygen atoms in total. The van der Waals surface area contributed by atoms with Gasteiger partial charge in [0, 0.05) is 18.8 Å². The van der Waals surface area contributed by atoms with Crippen LogP contribution in [0.5, 0.6) is 0 Å². The second kappa shape index (κ2) is 7.76. The molecule has 1 aliphatic rings. The van der Waals surface area contributed by atoms with E-state index >= 15 is 0 Å². The molecule has 28 heavy (non-hydrogen) atoms. The van der Waals surface area contributed by atoms with Crippen LogP contribution in [0.3, 0.4) is 0 Å². The van der Waals surface area contributed by atoms with Crippen LogP contribution in [0, 0.1) is 0 Å². The Morgan fingerprint density at radius 1 is 1.29 bits per heavy atom. The summed E-state index contributed by atoms with van der Waals surface area (Å²) in [6, 6.07) is 8.52. The number of aromatic nitrogens is 2. The molecule has 1 fully saturated rings. The molecule has 1 saturated heterocycles. The maximum Gasteiger partial charge on any atom is 0.274 e. The van der Waals surface area contributed by atoms with Crippen molar-refractivity contribution in [2.75, 3.05) is 17.8 Å². The SMILES string of the molecule is CS(=O)(=O)c1ncc(Cl)c(C(=O)N(Cc2ccccc2)C2CCS(=O)(=O)C2)n1. The highest BCUT2D eigenvalue weighted by atomic mass is 35.5. The Hall–Kier alpha value is -2.04. The molecule has 1 aromatic carbocycles. The summed E-state index contributed by atoms with van der Waals surface area (Å²) in [7, 11) is -6.99. The van der Waals surface area contributed by atoms with Gasteiger partial charge in [-0.1, -0.05) is 41.9 Å². The summed E-state index contributed by atoms with van der Waals surface area (Å²) in [5.74, 6) is -0.807. The summed E-state index contributed by atoms with van der Waals surface area (Å²) in [5.41, 5.74) is 0.533. The molecule has 3 rings (SSSR count). The number of sulfone groups is 2. The maximum absolute atomic E-state index is 13.2. The molecule has 0 radical (unpaired) electrons. The lowest BCUT2D eigenvalue weighted by Crippen LogP contribution is -2.41. The van der Waals surface area contributed by atoms with Crippen molar-refractivity contribution in [3.8, 4) is 0 Å². The van der Waals surface area contributed by atoms with Crippen molar-refractivity contribution >= 4 is 37.2 Å². The lowest BCUT2D eigenvalue weighted by atomic mass is 10.1. The highest BCUT2D eigenvalue weighted by Crippen LogP contribution is 2.24. The fourth-order valence-corrected chi connectivity index (χ4v) is 5.39. The number of halogens is 1. The zero-order chi connectivity index (χ0) is 20.5. The van der Waals surface area contributed by atoms with Gasteiger partial charge in [0.1, 0.15) is 0 Å². The first kappa shape index (κ1) is 20.7. The number of carbonyl (C=O) groups excluding carboxylic acids is 1. The summed E-state index contributed by atoms with van der Waals surface area (Å²) >= 11 is 6.07. The summed E-state index contributed by atoms with van der Waals surface area (Å²) in [5, 5.41) is -0.615. The molecule has 0 bridgehead atoms. The van der Waals surface area contributed by atoms with Crippen LogP contribution in [0.1, 0.15) is 22.5 Å². The standard InChI is InChI=1S/C17H18ClN3O5S2/c1-27(23,24)17-19-9-14(18)15(20-17)16(22)21(10-12-5-3-2-4-6-12)13-7-8-28(25,26)11-13/h2-6,9,13H,7-8,10-11H2,1H3. The Morgan fingerprint density at radius 2 is 1.96 bits per heavy atom. The average Bonchev–Trinajstić information content (AvgIpc) is 2.99. The second-order valence-corrected chi connectivity index (χ2v) is 11.1. The monoisotopic (exact) mass is 443 g/mol. The number of amides is 1. The molecular formula is C17H18ClN3O5S2. The third-order valence-corrected chi connectivity index (χ3v) is 7.25. The molecule has 2 heterocycles. The van der Waals surface area contributed by atoms with Gasteiger partial charge in [-0.05, 0) is 12.0 Å². The molecular weight excluding hydrogens is 426 g/mol. The van der Waals surface area contributed by atoms with Crippen LogP contribution >= 0.6 is 11.6 Å². The van der Waals surface area contributed by atoms with Crippen molar-refractivity contribution in [1.82, 2.24) is 14.9 Å². The normalized spacial score (nSPS) is 18.7. The fourth-order valence-electron chi connectivity index (χ4n) is 2.98. The van der Waals surface area contributed by atoms with Crippen molar-refractivity contribution in [2.24, 2.45) is 0 Å². The van der Waals surface area contributed by atoms with Gasteiger partial charge in [-0.25, -0.2) is 26.8 Å². The first-order chi connectivity index (χ1) is 13.1. The van der Waals surface area contributed by atoms with Crippen molar-refractivity contribution in [3.63, 3.8) is 0 Å². The number of hydrogen-bond donors (Lipinski definition) is 0. The summed E-state index contributed by atoms with van der Waals surface area (Å²) < 4.78 is 47.4. The minimum absolute atomic E-state index is 0.0116. The molecule has 1 atom stereocenters. The van der Waals surface area contributed by atoms with Gasteiger partial charge in [0.05, 0.1) is 22.7 Å². The molecule has 0 spiro atoms. The van der Waals surface area contributed by atoms with Crippen LogP contribution in [0.25, 0.3) is 0 Å². The largest absolute Gasteiger partial charge is 0.329 e. The second-order valence-electron chi connectivity index (χ2n) is 6.60. The highest BCUT2D eigenvalue weighted by Gasteiger charge is 2.36. The molecule has 0 N–H and O–H groups in total. The molecule has 2 aromatic rings. The number of hydrogen-bond acceptors (Lipinski definition) is 7. The zero-order valence-electron chi connectivity index (χ0n) is 14.9. The van der Waals surface area contributed by atoms with Gasteiger partial charge in [0.15, 0.2) is 15.5 Å². The summed E-state index contributed by atoms with van der Waals surface area (Å²) in [6.07, 6.45) is 2.28. The maximum atomic E-state index is 13.2. The lowest BCUT2D eigenvalue weighted by Gasteiger charge is -2.28. The fraction of sp³-hybridized carbons (Fsp3) is 0.353. The molecule has 1 amide bonds. The van der Waals surface area contributed by atoms with Gasteiger partial charge in [-0.2, -0.15) is 0 Å². The molecule has 1 aromatic heterocycles. The van der Waals surface area contributed by atoms with Crippen molar-refractivity contribution < 1.29 is 21.6 Å². The number of benzene rings is 1. The number of nitrogens with zero attached hydrogens (tertiary/aromatic N) is 3. The van der Waals surface area contributed by atoms with Gasteiger partial charge < -0.3 is 4.90 Å². The Kier molecular flexibility index (Phi) is 5.74. The molecule has 150 valence electrons. The molecule has 0 aliphatic carbocycles. The van der Waals surface area contributed by atoms with Crippen LogP contribution in [0.4, 0.5) is 0 Å². The Bertz CT molecular complexity index is 1100. The van der Waals surface area contributed by atoms with Crippen LogP contribution in [-0.2, 0) is 26.2 Å². The first-order valence-electron chi connectivity index (χ1n) is 8.35. The Balaban J connectivity index is 2.01. The predicted molar refractivity (Wildman–Crippen MR) is 104 cm³/mol. The Labute approximate surface area is 168 Å². The summed E-state index contributed by atoms with van der Waals surface area (Å²) in [6.45, 7) is 0.147. The van der Waals surface area contributed by atoms with Crippen molar-refractivity contribution in [2.45, 2.75) is 24.2 Å². The predicted octanol–water partition coefficient (Wildman–Crippen LogP) is 1.36. The number of carbonyl (C=O) groups is 1. The van der Waals surface area contributed by atoms with E-state index in [0.717, 1.165) is 18.0 Å². The van der Waals surface area contributed by atoms with E-state index in [-0.39, 0.29) is 28.8 Å². The van der Waals surface area contributed by atoms with Gasteiger partial charge in [-0.3, -0.25) is 4.79 Å². The van der Waals surface area contributed by atoms with E-state index in [9.17, 15) is 21.6 Å². The van der Waals surface area contributed by atoms with E-state index in [0.29, 0.717) is 6.42 Å². The van der Waals surface area contributed by atoms with Gasteiger partial charge in [-0.15, -0.1) is 0 Å². The van der Waals surface area contributed by atoms with Gasteiger partial charge in [0.2, 0.25) is 15.0 Å². The minimum atomic E-state index is -3.75. The van der Waals surface area contributed by atoms with E-state index in [1.165, 1.54) is 4.90 Å². The van der Waals surface area contributed by atoms with Crippen LogP contribution in [0.2, 0.25) is 5.02 Å². The van der Waals surface area contributed by atoms with E-state index in [1.54, 1.807) is 0 Å². The zero-order valence-corrected chi connectivity index (χ0v) is 17.3. The molecule has 1 aliphatic heterocycles. The first-order valence-corrected chi connectivity index (χ1v) is 12.4. The quantitative estimate of drug-likeness (QED) is 0.641. The van der Waals surface area contributed by atoms with Crippen LogP contribution in [-0.4, -0.2) is 61.4 Å². The third kappa shape index (κ3) is 4.68. The molecule has 11 heteroatoms. The van der Waals surface area contributed by atoms with Crippen LogP contribution < -0.4 is 0 Å². The van der Waals surface area contributed by atoms with Gasteiger partial charge >= 0.3 is 0 Å². The van der Waals surface area contributed by atoms with Crippen LogP contribution in [0.15, 0.2) is 41.7 Å². The highest BCUT2D eigenvalue weighted by molar-refractivity contribution is 7.91. The van der Waals surface area contributed by atoms with Crippen molar-refractivity contribution in [1.29, 1.82) is 0 Å². The summed E-state index contributed by atoms with van der Waals surface area (Å²) in [4.78, 5) is 22.1.